The first-order valence-corrected chi connectivity index (χ1v) is 7.34. The van der Waals surface area contributed by atoms with E-state index in [-0.39, 0.29) is 0 Å². The monoisotopic (exact) mass is 243 g/mol. The lowest BCUT2D eigenvalue weighted by Crippen LogP contribution is -2.17. The van der Waals surface area contributed by atoms with Crippen LogP contribution < -0.4 is 5.30 Å². The molecule has 0 bridgehead atoms. The van der Waals surface area contributed by atoms with Crippen molar-refractivity contribution in [3.63, 3.8) is 0 Å². The van der Waals surface area contributed by atoms with Gasteiger partial charge in [-0.05, 0) is 24.5 Å². The lowest BCUT2D eigenvalue weighted by atomic mass is 10.00. The molecule has 0 heterocycles. The molecule has 0 saturated heterocycles. The smallest absolute Gasteiger partial charge is 0.189 e. The zero-order valence-electron chi connectivity index (χ0n) is 9.85. The summed E-state index contributed by atoms with van der Waals surface area (Å²) in [5, 5.41) is 0.320. The molecule has 90 valence electrons. The van der Waals surface area contributed by atoms with Gasteiger partial charge in [-0.1, -0.05) is 38.8 Å². The van der Waals surface area contributed by atoms with E-state index in [4.69, 9.17) is 0 Å². The lowest BCUT2D eigenvalue weighted by molar-refractivity contribution is 0.346. The van der Waals surface area contributed by atoms with Gasteiger partial charge in [-0.25, -0.2) is 0 Å². The summed E-state index contributed by atoms with van der Waals surface area (Å²) in [5.74, 6) is 0. The topological polar surface area (TPSA) is 60.7 Å². The van der Waals surface area contributed by atoms with Crippen molar-refractivity contribution in [3.05, 3.63) is 29.3 Å². The fourth-order valence-corrected chi connectivity index (χ4v) is 2.85. The zero-order chi connectivity index (χ0) is 12.2. The third-order valence-electron chi connectivity index (χ3n) is 2.59. The maximum atomic E-state index is 9.41. The Bertz CT molecular complexity index is 345. The van der Waals surface area contributed by atoms with Crippen molar-refractivity contribution < 1.29 is 14.7 Å². The minimum atomic E-state index is -3.89. The van der Waals surface area contributed by atoms with E-state index in [0.717, 1.165) is 36.8 Å². The van der Waals surface area contributed by atoms with E-state index in [1.807, 2.05) is 13.0 Å². The van der Waals surface area contributed by atoms with Crippen molar-refractivity contribution in [2.75, 3.05) is 0 Å². The molecule has 0 spiro atoms. The average Bonchev–Trinajstić information content (AvgIpc) is 2.19. The van der Waals surface area contributed by atoms with Crippen LogP contribution in [0.5, 0.6) is 0 Å². The van der Waals surface area contributed by atoms with E-state index in [0.29, 0.717) is 5.30 Å². The van der Waals surface area contributed by atoms with Crippen LogP contribution in [-0.2, 0) is 12.8 Å². The van der Waals surface area contributed by atoms with Gasteiger partial charge in [0.2, 0.25) is 0 Å². The molecule has 0 aliphatic carbocycles. The van der Waals surface area contributed by atoms with Crippen LogP contribution in [0.25, 0.3) is 0 Å². The molecule has 0 saturated carbocycles. The molecule has 3 nitrogen and oxygen atoms in total. The zero-order valence-corrected chi connectivity index (χ0v) is 10.7. The molecule has 0 amide bonds. The van der Waals surface area contributed by atoms with Crippen molar-refractivity contribution in [1.29, 1.82) is 0 Å². The molecule has 0 aliphatic heterocycles. The first kappa shape index (κ1) is 13.6. The fourth-order valence-electron chi connectivity index (χ4n) is 1.94. The SMILES string of the molecule is CCCc1cccc([P+](O)(O)O)c1CCC. The summed E-state index contributed by atoms with van der Waals surface area (Å²) in [5.41, 5.74) is 2.02. The van der Waals surface area contributed by atoms with Gasteiger partial charge in [0.05, 0.1) is 0 Å². The highest BCUT2D eigenvalue weighted by Crippen LogP contribution is 2.44. The van der Waals surface area contributed by atoms with Crippen LogP contribution in [0.2, 0.25) is 0 Å². The van der Waals surface area contributed by atoms with Crippen LogP contribution >= 0.6 is 7.94 Å². The number of hydrogen-bond acceptors (Lipinski definition) is 3. The first-order chi connectivity index (χ1) is 7.50. The molecule has 1 aromatic rings. The van der Waals surface area contributed by atoms with E-state index in [2.05, 4.69) is 6.92 Å². The number of aryl methyl sites for hydroxylation is 1. The van der Waals surface area contributed by atoms with Crippen molar-refractivity contribution in [3.8, 4) is 0 Å². The molecule has 3 N–H and O–H groups in total. The van der Waals surface area contributed by atoms with E-state index < -0.39 is 7.94 Å². The number of hydrogen-bond donors (Lipinski definition) is 3. The highest BCUT2D eigenvalue weighted by molar-refractivity contribution is 7.66. The third kappa shape index (κ3) is 3.26. The molecule has 0 fully saturated rings. The molecule has 1 rings (SSSR count). The summed E-state index contributed by atoms with van der Waals surface area (Å²) < 4.78 is 0. The Labute approximate surface area is 97.3 Å². The van der Waals surface area contributed by atoms with E-state index in [9.17, 15) is 14.7 Å². The van der Waals surface area contributed by atoms with Crippen LogP contribution in [0, 0.1) is 0 Å². The minimum absolute atomic E-state index is 0.320. The van der Waals surface area contributed by atoms with Gasteiger partial charge in [0.15, 0.2) is 5.30 Å². The van der Waals surface area contributed by atoms with Gasteiger partial charge in [0.25, 0.3) is 0 Å². The van der Waals surface area contributed by atoms with Gasteiger partial charge in [-0.15, -0.1) is 0 Å². The molecule has 0 radical (unpaired) electrons. The summed E-state index contributed by atoms with van der Waals surface area (Å²) in [6.07, 6.45) is 3.61. The molecule has 0 aliphatic rings. The molecule has 0 unspecified atom stereocenters. The second kappa shape index (κ2) is 5.74. The Kier molecular flexibility index (Phi) is 4.88. The van der Waals surface area contributed by atoms with Crippen molar-refractivity contribution >= 4 is 13.2 Å². The van der Waals surface area contributed by atoms with Crippen molar-refractivity contribution in [2.45, 2.75) is 39.5 Å². The van der Waals surface area contributed by atoms with Crippen LogP contribution in [-0.4, -0.2) is 14.7 Å². The highest BCUT2D eigenvalue weighted by Gasteiger charge is 2.37. The van der Waals surface area contributed by atoms with E-state index in [1.165, 1.54) is 0 Å². The van der Waals surface area contributed by atoms with Gasteiger partial charge >= 0.3 is 7.94 Å². The minimum Gasteiger partial charge on any atom is -0.189 e. The average molecular weight is 243 g/mol. The van der Waals surface area contributed by atoms with Gasteiger partial charge < -0.3 is 0 Å². The first-order valence-electron chi connectivity index (χ1n) is 5.69. The Morgan fingerprint density at radius 2 is 1.62 bits per heavy atom. The molecule has 0 aromatic heterocycles. The molecule has 0 atom stereocenters. The van der Waals surface area contributed by atoms with E-state index >= 15 is 0 Å². The van der Waals surface area contributed by atoms with Gasteiger partial charge in [-0.2, -0.15) is 14.7 Å². The van der Waals surface area contributed by atoms with E-state index in [1.54, 1.807) is 12.1 Å². The van der Waals surface area contributed by atoms with Crippen LogP contribution in [0.4, 0.5) is 0 Å². The predicted octanol–water partition coefficient (Wildman–Crippen LogP) is 1.96. The highest BCUT2D eigenvalue weighted by atomic mass is 31.2. The Morgan fingerprint density at radius 3 is 2.12 bits per heavy atom. The van der Waals surface area contributed by atoms with Gasteiger partial charge in [-0.3, -0.25) is 0 Å². The standard InChI is InChI=1S/C12H20O3P/c1-3-6-10-8-5-9-12(16(13,14)15)11(10)7-4-2/h5,8-9,13-15H,3-4,6-7H2,1-2H3/q+1. The van der Waals surface area contributed by atoms with Crippen LogP contribution in [0.15, 0.2) is 18.2 Å². The molecule has 4 heteroatoms. The molecular formula is C12H20O3P+. The second-order valence-corrected chi connectivity index (χ2v) is 5.60. The largest absolute Gasteiger partial charge is 0.441 e. The van der Waals surface area contributed by atoms with Gasteiger partial charge in [0, 0.05) is 5.56 Å². The lowest BCUT2D eigenvalue weighted by Gasteiger charge is -2.13. The molecule has 16 heavy (non-hydrogen) atoms. The summed E-state index contributed by atoms with van der Waals surface area (Å²) in [7, 11) is -3.89. The number of benzene rings is 1. The summed E-state index contributed by atoms with van der Waals surface area (Å²) >= 11 is 0. The summed E-state index contributed by atoms with van der Waals surface area (Å²) in [6, 6.07) is 5.38. The number of rotatable bonds is 5. The van der Waals surface area contributed by atoms with Crippen LogP contribution in [0.1, 0.15) is 37.8 Å². The van der Waals surface area contributed by atoms with Gasteiger partial charge in [0.1, 0.15) is 0 Å². The fraction of sp³-hybridized carbons (Fsp3) is 0.500. The normalized spacial score (nSPS) is 11.8. The third-order valence-corrected chi connectivity index (χ3v) is 3.66. The summed E-state index contributed by atoms with van der Waals surface area (Å²) in [4.78, 5) is 28.2. The summed E-state index contributed by atoms with van der Waals surface area (Å²) in [6.45, 7) is 4.13. The second-order valence-electron chi connectivity index (χ2n) is 3.98. The maximum Gasteiger partial charge on any atom is 0.441 e. The Hall–Kier alpha value is -0.470. The molecular weight excluding hydrogens is 223 g/mol. The Morgan fingerprint density at radius 1 is 1.00 bits per heavy atom. The van der Waals surface area contributed by atoms with Crippen molar-refractivity contribution in [2.24, 2.45) is 0 Å². The molecule has 1 aromatic carbocycles. The maximum absolute atomic E-state index is 9.41. The van der Waals surface area contributed by atoms with Crippen LogP contribution in [0.3, 0.4) is 0 Å². The van der Waals surface area contributed by atoms with Crippen molar-refractivity contribution in [1.82, 2.24) is 0 Å². The Balaban J connectivity index is 3.21. The predicted molar refractivity (Wildman–Crippen MR) is 67.6 cm³/mol. The quantitative estimate of drug-likeness (QED) is 0.693.